The van der Waals surface area contributed by atoms with Crippen LogP contribution in [0, 0.1) is 0 Å². The number of hydrogen-bond acceptors (Lipinski definition) is 6. The maximum atomic E-state index is 12.7. The van der Waals surface area contributed by atoms with Crippen LogP contribution in [0.4, 0.5) is 5.95 Å². The Morgan fingerprint density at radius 3 is 2.23 bits per heavy atom. The molecule has 188 valence electrons. The number of aromatic nitrogens is 3. The summed E-state index contributed by atoms with van der Waals surface area (Å²) in [6.45, 7) is 5.73. The molecule has 1 amide bonds. The molecule has 2 aliphatic heterocycles. The first-order chi connectivity index (χ1) is 17.2. The highest BCUT2D eigenvalue weighted by molar-refractivity contribution is 5.99. The van der Waals surface area contributed by atoms with Crippen LogP contribution >= 0.6 is 0 Å². The molecule has 0 radical (unpaired) electrons. The highest BCUT2D eigenvalue weighted by atomic mass is 16.2. The summed E-state index contributed by atoms with van der Waals surface area (Å²) in [5, 5.41) is 7.79. The normalized spacial score (nSPS) is 29.8. The largest absolute Gasteiger partial charge is 0.351 e. The van der Waals surface area contributed by atoms with Gasteiger partial charge in [-0.25, -0.2) is 4.98 Å². The van der Waals surface area contributed by atoms with Crippen LogP contribution in [0.25, 0.3) is 11.0 Å². The van der Waals surface area contributed by atoms with Crippen LogP contribution in [0.2, 0.25) is 0 Å². The van der Waals surface area contributed by atoms with Crippen LogP contribution in [-0.2, 0) is 5.54 Å². The number of amides is 1. The molecule has 4 fully saturated rings. The second-order valence-electron chi connectivity index (χ2n) is 11.8. The molecule has 5 aliphatic rings. The lowest BCUT2D eigenvalue weighted by atomic mass is 9.80. The number of carbonyl (C=O) groups excluding carboxylic acids is 1. The van der Waals surface area contributed by atoms with Gasteiger partial charge in [0.1, 0.15) is 11.3 Å². The second kappa shape index (κ2) is 8.73. The molecular weight excluding hydrogens is 438 g/mol. The first kappa shape index (κ1) is 22.0. The van der Waals surface area contributed by atoms with Crippen LogP contribution in [0.5, 0.6) is 0 Å². The molecule has 35 heavy (non-hydrogen) atoms. The fourth-order valence-electron chi connectivity index (χ4n) is 7.41. The minimum absolute atomic E-state index is 0.0185. The summed E-state index contributed by atoms with van der Waals surface area (Å²) in [5.74, 6) is 0.738. The third-order valence-electron chi connectivity index (χ3n) is 9.57. The Bertz CT molecular complexity index is 1090. The van der Waals surface area contributed by atoms with Crippen molar-refractivity contribution in [2.75, 3.05) is 38.0 Å². The quantitative estimate of drug-likeness (QED) is 0.703. The average Bonchev–Trinajstić information content (AvgIpc) is 3.68. The number of hydrogen-bond donors (Lipinski definition) is 2. The average molecular weight is 478 g/mol. The van der Waals surface area contributed by atoms with Crippen LogP contribution in [-0.4, -0.2) is 81.1 Å². The molecule has 4 heterocycles. The molecule has 2 N–H and O–H groups in total. The maximum Gasteiger partial charge on any atom is 0.268 e. The Labute approximate surface area is 207 Å². The first-order valence-corrected chi connectivity index (χ1v) is 14.1. The lowest BCUT2D eigenvalue weighted by Gasteiger charge is -2.43. The molecule has 0 unspecified atom stereocenters. The van der Waals surface area contributed by atoms with Crippen molar-refractivity contribution in [2.24, 2.45) is 0 Å². The Hall–Kier alpha value is -2.19. The molecule has 0 atom stereocenters. The van der Waals surface area contributed by atoms with Gasteiger partial charge in [-0.1, -0.05) is 19.3 Å². The van der Waals surface area contributed by atoms with E-state index in [0.717, 1.165) is 47.6 Å². The molecule has 3 saturated carbocycles. The summed E-state index contributed by atoms with van der Waals surface area (Å²) in [6, 6.07) is 4.06. The fraction of sp³-hybridized carbons (Fsp3) is 0.741. The predicted octanol–water partition coefficient (Wildman–Crippen LogP) is 3.34. The summed E-state index contributed by atoms with van der Waals surface area (Å²) in [5.41, 5.74) is 1.65. The number of nitrogens with zero attached hydrogens (tertiary/aromatic N) is 5. The SMILES string of the molecule is O=C1NCC2(CCCCC2)n2c1cc1cnc(N[C@H]3CC[C@H](N4CCN(C5CC5)CC4)CC3)nc12. The molecule has 0 aromatic carbocycles. The summed E-state index contributed by atoms with van der Waals surface area (Å²) >= 11 is 0. The van der Waals surface area contributed by atoms with Gasteiger partial charge in [-0.3, -0.25) is 14.6 Å². The molecule has 2 aromatic heterocycles. The third-order valence-corrected chi connectivity index (χ3v) is 9.57. The number of anilines is 1. The number of piperazine rings is 1. The third kappa shape index (κ3) is 4.02. The lowest BCUT2D eigenvalue weighted by molar-refractivity contribution is 0.0737. The van der Waals surface area contributed by atoms with Gasteiger partial charge in [0.15, 0.2) is 0 Å². The van der Waals surface area contributed by atoms with E-state index < -0.39 is 0 Å². The van der Waals surface area contributed by atoms with Crippen molar-refractivity contribution in [2.45, 2.75) is 94.3 Å². The van der Waals surface area contributed by atoms with E-state index in [0.29, 0.717) is 12.6 Å². The Balaban J connectivity index is 1.04. The summed E-state index contributed by atoms with van der Waals surface area (Å²) in [4.78, 5) is 27.8. The summed E-state index contributed by atoms with van der Waals surface area (Å²) in [7, 11) is 0. The van der Waals surface area contributed by atoms with E-state index in [4.69, 9.17) is 4.98 Å². The molecule has 3 aliphatic carbocycles. The van der Waals surface area contributed by atoms with Crippen molar-refractivity contribution in [3.63, 3.8) is 0 Å². The van der Waals surface area contributed by atoms with Gasteiger partial charge in [0, 0.05) is 62.4 Å². The standard InChI is InChI=1S/C27H39N7O/c35-25-23-16-19-17-28-26(31-24(19)34(23)27(18-29-25)10-2-1-3-11-27)30-20-4-6-21(7-5-20)32-12-14-33(15-13-32)22-8-9-22/h16-17,20-22H,1-15,18H2,(H,29,35)(H,28,30,31)/t20-,21-. The van der Waals surface area contributed by atoms with E-state index in [1.165, 1.54) is 84.0 Å². The summed E-state index contributed by atoms with van der Waals surface area (Å²) in [6.07, 6.45) is 15.5. The van der Waals surface area contributed by atoms with Gasteiger partial charge >= 0.3 is 0 Å². The van der Waals surface area contributed by atoms with E-state index >= 15 is 0 Å². The van der Waals surface area contributed by atoms with E-state index in [9.17, 15) is 4.79 Å². The molecule has 8 heteroatoms. The Morgan fingerprint density at radius 2 is 1.57 bits per heavy atom. The van der Waals surface area contributed by atoms with Crippen molar-refractivity contribution < 1.29 is 4.79 Å². The molecule has 2 aromatic rings. The zero-order valence-electron chi connectivity index (χ0n) is 20.8. The highest BCUT2D eigenvalue weighted by Crippen LogP contribution is 2.40. The van der Waals surface area contributed by atoms with E-state index in [1.54, 1.807) is 0 Å². The van der Waals surface area contributed by atoms with Crippen molar-refractivity contribution in [1.29, 1.82) is 0 Å². The van der Waals surface area contributed by atoms with Gasteiger partial charge < -0.3 is 15.2 Å². The highest BCUT2D eigenvalue weighted by Gasteiger charge is 2.41. The predicted molar refractivity (Wildman–Crippen MR) is 137 cm³/mol. The van der Waals surface area contributed by atoms with Crippen molar-refractivity contribution in [3.05, 3.63) is 18.0 Å². The second-order valence-corrected chi connectivity index (χ2v) is 11.8. The molecule has 0 bridgehead atoms. The molecule has 8 nitrogen and oxygen atoms in total. The van der Waals surface area contributed by atoms with E-state index in [2.05, 4.69) is 30.0 Å². The Kier molecular flexibility index (Phi) is 5.50. The zero-order valence-corrected chi connectivity index (χ0v) is 20.8. The Morgan fingerprint density at radius 1 is 0.914 bits per heavy atom. The van der Waals surface area contributed by atoms with Gasteiger partial charge in [0.05, 0.1) is 5.54 Å². The van der Waals surface area contributed by atoms with E-state index in [1.807, 2.05) is 12.3 Å². The van der Waals surface area contributed by atoms with E-state index in [-0.39, 0.29) is 11.4 Å². The van der Waals surface area contributed by atoms with Crippen LogP contribution in [0.15, 0.2) is 12.3 Å². The number of rotatable bonds is 4. The van der Waals surface area contributed by atoms with Crippen LogP contribution < -0.4 is 10.6 Å². The summed E-state index contributed by atoms with van der Waals surface area (Å²) < 4.78 is 2.27. The van der Waals surface area contributed by atoms with Gasteiger partial charge in [-0.15, -0.1) is 0 Å². The topological polar surface area (TPSA) is 78.3 Å². The smallest absolute Gasteiger partial charge is 0.268 e. The van der Waals surface area contributed by atoms with Gasteiger partial charge in [0.2, 0.25) is 5.95 Å². The van der Waals surface area contributed by atoms with Gasteiger partial charge in [-0.2, -0.15) is 4.98 Å². The fourth-order valence-corrected chi connectivity index (χ4v) is 7.41. The van der Waals surface area contributed by atoms with Crippen LogP contribution in [0.3, 0.4) is 0 Å². The van der Waals surface area contributed by atoms with Gasteiger partial charge in [-0.05, 0) is 57.4 Å². The zero-order chi connectivity index (χ0) is 23.4. The molecular formula is C27H39N7O. The number of fused-ring (bicyclic) bond motifs is 4. The first-order valence-electron chi connectivity index (χ1n) is 14.1. The number of carbonyl (C=O) groups is 1. The van der Waals surface area contributed by atoms with Crippen molar-refractivity contribution in [3.8, 4) is 0 Å². The van der Waals surface area contributed by atoms with Crippen molar-refractivity contribution in [1.82, 2.24) is 29.7 Å². The molecule has 1 saturated heterocycles. The minimum atomic E-state index is -0.0313. The number of nitrogens with one attached hydrogen (secondary N) is 2. The minimum Gasteiger partial charge on any atom is -0.351 e. The van der Waals surface area contributed by atoms with Gasteiger partial charge in [0.25, 0.3) is 5.91 Å². The maximum absolute atomic E-state index is 12.7. The van der Waals surface area contributed by atoms with Crippen LogP contribution in [0.1, 0.15) is 81.1 Å². The molecule has 1 spiro atoms. The lowest BCUT2D eigenvalue weighted by Crippen LogP contribution is -2.52. The van der Waals surface area contributed by atoms with Crippen molar-refractivity contribution >= 4 is 22.9 Å². The monoisotopic (exact) mass is 477 g/mol. The molecule has 7 rings (SSSR count).